The highest BCUT2D eigenvalue weighted by atomic mass is 16.6. The molecule has 198 valence electrons. The summed E-state index contributed by atoms with van der Waals surface area (Å²) in [5, 5.41) is 18.4. The van der Waals surface area contributed by atoms with E-state index in [1.54, 1.807) is 0 Å². The van der Waals surface area contributed by atoms with Gasteiger partial charge in [0.2, 0.25) is 17.7 Å². The zero-order chi connectivity index (χ0) is 26.3. The van der Waals surface area contributed by atoms with E-state index < -0.39 is 47.6 Å². The molecule has 2 unspecified atom stereocenters. The van der Waals surface area contributed by atoms with E-state index in [4.69, 9.17) is 10.5 Å². The third-order valence-corrected chi connectivity index (χ3v) is 6.96. The highest BCUT2D eigenvalue weighted by Gasteiger charge is 2.42. The molecular weight excluding hydrogens is 464 g/mol. The van der Waals surface area contributed by atoms with Crippen molar-refractivity contribution in [3.8, 4) is 0 Å². The van der Waals surface area contributed by atoms with Crippen molar-refractivity contribution >= 4 is 23.8 Å². The van der Waals surface area contributed by atoms with E-state index in [-0.39, 0.29) is 18.2 Å². The van der Waals surface area contributed by atoms with Crippen LogP contribution in [0.3, 0.4) is 0 Å². The van der Waals surface area contributed by atoms with Crippen LogP contribution in [0, 0.1) is 11.8 Å². The summed E-state index contributed by atoms with van der Waals surface area (Å²) < 4.78 is 5.85. The fourth-order valence-corrected chi connectivity index (χ4v) is 4.85. The van der Waals surface area contributed by atoms with Gasteiger partial charge in [-0.15, -0.1) is 0 Å². The average Bonchev–Trinajstić information content (AvgIpc) is 3.20. The second-order valence-electron chi connectivity index (χ2n) is 10.4. The number of carbonyl (C=O) groups excluding carboxylic acids is 4. The number of hydrogen-bond donors (Lipinski definition) is 5. The quantitative estimate of drug-likeness (QED) is 0.288. The summed E-state index contributed by atoms with van der Waals surface area (Å²) in [7, 11) is 0. The van der Waals surface area contributed by atoms with Gasteiger partial charge >= 0.3 is 6.09 Å². The molecular formula is C26H38N4O6. The molecule has 0 radical (unpaired) electrons. The minimum Gasteiger partial charge on any atom is -0.443 e. The topological polar surface area (TPSA) is 160 Å². The lowest BCUT2D eigenvalue weighted by Crippen LogP contribution is -2.57. The number of amides is 4. The van der Waals surface area contributed by atoms with Gasteiger partial charge in [0.25, 0.3) is 0 Å². The molecule has 4 atom stereocenters. The van der Waals surface area contributed by atoms with E-state index >= 15 is 0 Å². The number of ether oxygens (including phenoxy) is 1. The standard InChI is InChI=1S/C26H38N4O6/c1-16(2)13-20(24(34)29-19(21(31)22(27)32)14-18-9-12-28-23(18)33)30-25(35)36-26(10-6-11-26)15-17-7-4-3-5-8-17/h3-5,7-8,16,18-21,31H,6,9-15H2,1-2H3,(H2,27,32)(H,28,33)(H,29,34)(H,30,35)/t18?,19-,20-,21?/m0/s1. The normalized spacial score (nSPS) is 21.0. The van der Waals surface area contributed by atoms with Crippen LogP contribution in [0.5, 0.6) is 0 Å². The number of hydrogen-bond acceptors (Lipinski definition) is 6. The predicted molar refractivity (Wildman–Crippen MR) is 132 cm³/mol. The fraction of sp³-hybridized carbons (Fsp3) is 0.615. The number of aliphatic hydroxyl groups excluding tert-OH is 1. The fourth-order valence-electron chi connectivity index (χ4n) is 4.85. The van der Waals surface area contributed by atoms with Crippen LogP contribution in [0.4, 0.5) is 4.79 Å². The minimum atomic E-state index is -1.67. The lowest BCUT2D eigenvalue weighted by Gasteiger charge is -2.41. The first-order chi connectivity index (χ1) is 17.1. The molecule has 1 heterocycles. The van der Waals surface area contributed by atoms with Crippen LogP contribution in [0.1, 0.15) is 57.9 Å². The monoisotopic (exact) mass is 502 g/mol. The van der Waals surface area contributed by atoms with Crippen LogP contribution in [0.25, 0.3) is 0 Å². The van der Waals surface area contributed by atoms with Crippen molar-refractivity contribution in [3.63, 3.8) is 0 Å². The summed E-state index contributed by atoms with van der Waals surface area (Å²) >= 11 is 0. The maximum atomic E-state index is 13.2. The average molecular weight is 503 g/mol. The van der Waals surface area contributed by atoms with Crippen molar-refractivity contribution in [1.82, 2.24) is 16.0 Å². The van der Waals surface area contributed by atoms with Crippen molar-refractivity contribution in [2.24, 2.45) is 17.6 Å². The van der Waals surface area contributed by atoms with E-state index in [0.717, 1.165) is 24.8 Å². The summed E-state index contributed by atoms with van der Waals surface area (Å²) in [6, 6.07) is 7.78. The molecule has 1 aromatic carbocycles. The number of aliphatic hydroxyl groups is 1. The van der Waals surface area contributed by atoms with E-state index in [0.29, 0.717) is 25.8 Å². The Bertz CT molecular complexity index is 934. The molecule has 3 rings (SSSR count). The largest absolute Gasteiger partial charge is 0.443 e. The van der Waals surface area contributed by atoms with Crippen LogP contribution in [0.2, 0.25) is 0 Å². The molecule has 36 heavy (non-hydrogen) atoms. The molecule has 1 saturated heterocycles. The van der Waals surface area contributed by atoms with Crippen LogP contribution in [-0.2, 0) is 25.5 Å². The smallest absolute Gasteiger partial charge is 0.408 e. The van der Waals surface area contributed by atoms with Crippen LogP contribution in [0.15, 0.2) is 30.3 Å². The van der Waals surface area contributed by atoms with Gasteiger partial charge in [-0.25, -0.2) is 4.79 Å². The van der Waals surface area contributed by atoms with Gasteiger partial charge in [0, 0.05) is 18.9 Å². The molecule has 6 N–H and O–H groups in total. The highest BCUT2D eigenvalue weighted by Crippen LogP contribution is 2.38. The predicted octanol–water partition coefficient (Wildman–Crippen LogP) is 1.15. The zero-order valence-corrected chi connectivity index (χ0v) is 21.0. The Kier molecular flexibility index (Phi) is 9.31. The Balaban J connectivity index is 1.66. The molecule has 10 heteroatoms. The number of rotatable bonds is 12. The first kappa shape index (κ1) is 27.4. The molecule has 1 saturated carbocycles. The van der Waals surface area contributed by atoms with E-state index in [9.17, 15) is 24.3 Å². The Morgan fingerprint density at radius 3 is 2.42 bits per heavy atom. The number of nitrogens with two attached hydrogens (primary N) is 1. The lowest BCUT2D eigenvalue weighted by molar-refractivity contribution is -0.132. The minimum absolute atomic E-state index is 0.0563. The van der Waals surface area contributed by atoms with Gasteiger partial charge in [-0.2, -0.15) is 0 Å². The summed E-state index contributed by atoms with van der Waals surface area (Å²) in [6.45, 7) is 4.31. The van der Waals surface area contributed by atoms with Crippen LogP contribution in [-0.4, -0.2) is 59.3 Å². The van der Waals surface area contributed by atoms with Crippen molar-refractivity contribution in [1.29, 1.82) is 0 Å². The molecule has 4 amide bonds. The number of alkyl carbamates (subject to hydrolysis) is 1. The van der Waals surface area contributed by atoms with Crippen molar-refractivity contribution in [3.05, 3.63) is 35.9 Å². The lowest BCUT2D eigenvalue weighted by atomic mass is 9.76. The molecule has 0 aromatic heterocycles. The Labute approximate surface area is 211 Å². The second-order valence-corrected chi connectivity index (χ2v) is 10.4. The van der Waals surface area contributed by atoms with Crippen molar-refractivity contribution in [2.75, 3.05) is 6.54 Å². The van der Waals surface area contributed by atoms with E-state index in [2.05, 4.69) is 16.0 Å². The van der Waals surface area contributed by atoms with Gasteiger partial charge in [-0.1, -0.05) is 44.2 Å². The second kappa shape index (κ2) is 12.2. The highest BCUT2D eigenvalue weighted by molar-refractivity contribution is 5.87. The Morgan fingerprint density at radius 2 is 1.89 bits per heavy atom. The number of carbonyl (C=O) groups is 4. The number of benzene rings is 1. The van der Waals surface area contributed by atoms with E-state index in [1.165, 1.54) is 0 Å². The number of nitrogens with one attached hydrogen (secondary N) is 3. The summed E-state index contributed by atoms with van der Waals surface area (Å²) in [4.78, 5) is 49.8. The third-order valence-electron chi connectivity index (χ3n) is 6.96. The van der Waals surface area contributed by atoms with Gasteiger partial charge in [-0.05, 0) is 50.0 Å². The molecule has 0 spiro atoms. The molecule has 2 fully saturated rings. The molecule has 2 aliphatic rings. The Hall–Kier alpha value is -3.14. The molecule has 1 aliphatic carbocycles. The van der Waals surface area contributed by atoms with Gasteiger partial charge < -0.3 is 31.5 Å². The van der Waals surface area contributed by atoms with Crippen LogP contribution < -0.4 is 21.7 Å². The SMILES string of the molecule is CC(C)C[C@H](NC(=O)OC1(Cc2ccccc2)CCC1)C(=O)N[C@@H](CC1CCNC1=O)C(O)C(N)=O. The third kappa shape index (κ3) is 7.43. The Morgan fingerprint density at radius 1 is 1.19 bits per heavy atom. The van der Waals surface area contributed by atoms with Gasteiger partial charge in [0.05, 0.1) is 6.04 Å². The summed E-state index contributed by atoms with van der Waals surface area (Å²) in [5.41, 5.74) is 5.75. The first-order valence-corrected chi connectivity index (χ1v) is 12.7. The van der Waals surface area contributed by atoms with Crippen LogP contribution >= 0.6 is 0 Å². The maximum absolute atomic E-state index is 13.2. The summed E-state index contributed by atoms with van der Waals surface area (Å²) in [6.07, 6.45) is 1.58. The molecule has 1 aromatic rings. The maximum Gasteiger partial charge on any atom is 0.408 e. The van der Waals surface area contributed by atoms with Crippen molar-refractivity contribution in [2.45, 2.75) is 82.6 Å². The van der Waals surface area contributed by atoms with Crippen molar-refractivity contribution < 1.29 is 29.0 Å². The van der Waals surface area contributed by atoms with Gasteiger partial charge in [-0.3, -0.25) is 14.4 Å². The van der Waals surface area contributed by atoms with Gasteiger partial charge in [0.15, 0.2) is 6.10 Å². The summed E-state index contributed by atoms with van der Waals surface area (Å²) in [5.74, 6) is -2.17. The molecule has 10 nitrogen and oxygen atoms in total. The van der Waals surface area contributed by atoms with Gasteiger partial charge in [0.1, 0.15) is 11.6 Å². The number of primary amides is 1. The zero-order valence-electron chi connectivity index (χ0n) is 21.0. The first-order valence-electron chi connectivity index (χ1n) is 12.7. The molecule has 0 bridgehead atoms. The van der Waals surface area contributed by atoms with E-state index in [1.807, 2.05) is 44.2 Å². The molecule has 1 aliphatic heterocycles.